The van der Waals surface area contributed by atoms with Crippen molar-refractivity contribution < 1.29 is 43.7 Å². The molecule has 47 heavy (non-hydrogen) atoms. The molecule has 0 aromatic heterocycles. The number of ether oxygens (including phenoxy) is 1. The molecule has 0 heterocycles. The van der Waals surface area contributed by atoms with Crippen LogP contribution >= 0.6 is 0 Å². The van der Waals surface area contributed by atoms with Crippen molar-refractivity contribution in [3.63, 3.8) is 0 Å². The van der Waals surface area contributed by atoms with Crippen LogP contribution in [0.15, 0.2) is 42.5 Å². The zero-order valence-electron chi connectivity index (χ0n) is 26.1. The van der Waals surface area contributed by atoms with Gasteiger partial charge in [-0.3, -0.25) is 19.2 Å². The molecule has 0 radical (unpaired) electrons. The predicted molar refractivity (Wildman–Crippen MR) is 170 cm³/mol. The molecule has 14 heteroatoms. The second-order valence-electron chi connectivity index (χ2n) is 12.3. The number of carbonyl (C=O) groups is 6. The van der Waals surface area contributed by atoms with Gasteiger partial charge in [0.15, 0.2) is 6.23 Å². The van der Waals surface area contributed by atoms with Gasteiger partial charge in [-0.15, -0.1) is 0 Å². The zero-order chi connectivity index (χ0) is 33.9. The molecule has 14 nitrogen and oxygen atoms in total. The van der Waals surface area contributed by atoms with E-state index < -0.39 is 42.7 Å². The molecular weight excluding hydrogens is 610 g/mol. The summed E-state index contributed by atoms with van der Waals surface area (Å²) in [4.78, 5) is 71.9. The lowest BCUT2D eigenvalue weighted by atomic mass is 9.97. The van der Waals surface area contributed by atoms with Crippen LogP contribution in [0.25, 0.3) is 10.8 Å². The number of benzene rings is 2. The second kappa shape index (κ2) is 16.7. The van der Waals surface area contributed by atoms with E-state index in [-0.39, 0.29) is 43.6 Å². The Hall–Kier alpha value is -4.72. The van der Waals surface area contributed by atoms with Crippen LogP contribution in [0, 0.1) is 23.7 Å². The molecule has 2 aliphatic rings. The Balaban J connectivity index is 1.27. The normalized spacial score (nSPS) is 21.4. The first-order valence-electron chi connectivity index (χ1n) is 16.0. The van der Waals surface area contributed by atoms with Crippen LogP contribution in [0.5, 0.6) is 0 Å². The highest BCUT2D eigenvalue weighted by molar-refractivity contribution is 5.89. The quantitative estimate of drug-likeness (QED) is 0.0657. The van der Waals surface area contributed by atoms with Gasteiger partial charge in [-0.1, -0.05) is 42.5 Å². The van der Waals surface area contributed by atoms with E-state index in [2.05, 4.69) is 21.3 Å². The van der Waals surface area contributed by atoms with E-state index in [1.807, 2.05) is 42.5 Å². The van der Waals surface area contributed by atoms with E-state index in [1.54, 1.807) is 0 Å². The van der Waals surface area contributed by atoms with Gasteiger partial charge in [-0.25, -0.2) is 9.59 Å². The summed E-state index contributed by atoms with van der Waals surface area (Å²) < 4.78 is 4.90. The highest BCUT2D eigenvalue weighted by Crippen LogP contribution is 2.59. The minimum absolute atomic E-state index is 0.125. The first kappa shape index (κ1) is 35.1. The first-order valence-corrected chi connectivity index (χ1v) is 16.0. The third-order valence-corrected chi connectivity index (χ3v) is 9.11. The van der Waals surface area contributed by atoms with Crippen molar-refractivity contribution in [2.24, 2.45) is 29.4 Å². The topological polar surface area (TPSA) is 226 Å². The van der Waals surface area contributed by atoms with E-state index in [9.17, 15) is 33.9 Å². The zero-order valence-corrected chi connectivity index (χ0v) is 26.1. The number of hydrogen-bond donors (Lipinski definition) is 7. The van der Waals surface area contributed by atoms with Crippen molar-refractivity contribution >= 4 is 47.0 Å². The molecule has 2 aliphatic carbocycles. The number of carboxylic acid groups (broad SMARTS) is 2. The standard InChI is InChI=1S/C33H43N5O9/c34-17-25-23-15-22(16-24(23)25)30(42)36-27(14-19-8-9-20-5-1-2-6-21(20)13-19)31(43)35-12-4-3-7-28(47-18-39)38-33(46)37-26(32(44)45)10-11-29(40)41/h1-2,5-6,8-9,13,18,22-28H,3-4,7,10-12,14-17,34H2,(H,35,43)(H,36,42)(H,40,41)(H,44,45)(H2,37,38,46)/t22?,23?,24?,25?,26-,27-,28+/m0/s1. The monoisotopic (exact) mass is 653 g/mol. The predicted octanol–water partition coefficient (Wildman–Crippen LogP) is 1.50. The smallest absolute Gasteiger partial charge is 0.326 e. The van der Waals surface area contributed by atoms with Gasteiger partial charge in [0.1, 0.15) is 12.1 Å². The van der Waals surface area contributed by atoms with Crippen LogP contribution < -0.4 is 27.0 Å². The van der Waals surface area contributed by atoms with Crippen LogP contribution in [-0.2, 0) is 35.1 Å². The Bertz CT molecular complexity index is 1440. The number of aliphatic carboxylic acids is 2. The van der Waals surface area contributed by atoms with Gasteiger partial charge in [0, 0.05) is 31.7 Å². The summed E-state index contributed by atoms with van der Waals surface area (Å²) in [6.45, 7) is 1.04. The Morgan fingerprint density at radius 2 is 1.64 bits per heavy atom. The number of nitrogens with one attached hydrogen (secondary N) is 4. The van der Waals surface area contributed by atoms with E-state index in [4.69, 9.17) is 15.6 Å². The maximum absolute atomic E-state index is 13.4. The number of nitrogens with two attached hydrogens (primary N) is 1. The molecule has 5 atom stereocenters. The van der Waals surface area contributed by atoms with Gasteiger partial charge in [0.2, 0.25) is 11.8 Å². The summed E-state index contributed by atoms with van der Waals surface area (Å²) in [6.07, 6.45) is 1.06. The fourth-order valence-corrected chi connectivity index (χ4v) is 6.54. The lowest BCUT2D eigenvalue weighted by molar-refractivity contribution is -0.141. The van der Waals surface area contributed by atoms with E-state index in [1.165, 1.54) is 0 Å². The van der Waals surface area contributed by atoms with Crippen LogP contribution in [0.4, 0.5) is 4.79 Å². The Labute approximate surface area is 272 Å². The average Bonchev–Trinajstić information content (AvgIpc) is 3.51. The van der Waals surface area contributed by atoms with Gasteiger partial charge in [-0.05, 0) is 72.7 Å². The molecule has 2 unspecified atom stereocenters. The van der Waals surface area contributed by atoms with Gasteiger partial charge in [-0.2, -0.15) is 0 Å². The van der Waals surface area contributed by atoms with Crippen LogP contribution in [-0.4, -0.2) is 77.9 Å². The number of fused-ring (bicyclic) bond motifs is 2. The summed E-state index contributed by atoms with van der Waals surface area (Å²) in [5.74, 6) is -1.71. The fraction of sp³-hybridized carbons (Fsp3) is 0.515. The molecule has 2 fully saturated rings. The van der Waals surface area contributed by atoms with Gasteiger partial charge >= 0.3 is 18.0 Å². The molecule has 0 bridgehead atoms. The van der Waals surface area contributed by atoms with Gasteiger partial charge < -0.3 is 42.0 Å². The molecule has 2 aromatic rings. The second-order valence-corrected chi connectivity index (χ2v) is 12.3. The number of carboxylic acids is 2. The average molecular weight is 654 g/mol. The molecule has 0 aliphatic heterocycles. The van der Waals surface area contributed by atoms with Crippen molar-refractivity contribution in [3.8, 4) is 0 Å². The van der Waals surface area contributed by atoms with E-state index in [0.29, 0.717) is 43.6 Å². The molecule has 8 N–H and O–H groups in total. The lowest BCUT2D eigenvalue weighted by Gasteiger charge is -2.22. The number of unbranched alkanes of at least 4 members (excludes halogenated alkanes) is 1. The first-order chi connectivity index (χ1) is 22.6. The fourth-order valence-electron chi connectivity index (χ4n) is 6.54. The highest BCUT2D eigenvalue weighted by Gasteiger charge is 2.56. The summed E-state index contributed by atoms with van der Waals surface area (Å²) >= 11 is 0. The summed E-state index contributed by atoms with van der Waals surface area (Å²) in [5.41, 5.74) is 6.73. The number of rotatable bonds is 19. The number of urea groups is 1. The minimum Gasteiger partial charge on any atom is -0.481 e. The Kier molecular flexibility index (Phi) is 12.5. The summed E-state index contributed by atoms with van der Waals surface area (Å²) in [7, 11) is 0. The van der Waals surface area contributed by atoms with E-state index >= 15 is 0 Å². The molecule has 4 rings (SSSR count). The summed E-state index contributed by atoms with van der Waals surface area (Å²) in [6, 6.07) is 10.7. The number of amides is 4. The molecule has 0 saturated heterocycles. The molecule has 254 valence electrons. The van der Waals surface area contributed by atoms with Crippen molar-refractivity contribution in [1.29, 1.82) is 0 Å². The summed E-state index contributed by atoms with van der Waals surface area (Å²) in [5, 5.41) is 30.5. The molecule has 0 spiro atoms. The van der Waals surface area contributed by atoms with E-state index in [0.717, 1.165) is 29.2 Å². The molecular formula is C33H43N5O9. The van der Waals surface area contributed by atoms with Gasteiger partial charge in [0.25, 0.3) is 6.47 Å². The SMILES string of the molecule is NCC1C2CC(C(=O)N[C@@H](Cc3ccc4ccccc4c3)C(=O)NCCCC[C@H](NC(=O)N[C@@H](CCC(=O)O)C(=O)O)OC=O)CC12. The highest BCUT2D eigenvalue weighted by atomic mass is 16.5. The van der Waals surface area contributed by atoms with Crippen LogP contribution in [0.2, 0.25) is 0 Å². The molecule has 4 amide bonds. The maximum Gasteiger partial charge on any atom is 0.326 e. The minimum atomic E-state index is -1.44. The van der Waals surface area contributed by atoms with Crippen molar-refractivity contribution in [2.75, 3.05) is 13.1 Å². The number of carbonyl (C=O) groups excluding carboxylic acids is 4. The van der Waals surface area contributed by atoms with Crippen molar-refractivity contribution in [3.05, 3.63) is 48.0 Å². The number of hydrogen-bond acceptors (Lipinski definition) is 8. The van der Waals surface area contributed by atoms with Crippen LogP contribution in [0.3, 0.4) is 0 Å². The lowest BCUT2D eigenvalue weighted by Crippen LogP contribution is -2.50. The Morgan fingerprint density at radius 3 is 2.30 bits per heavy atom. The third kappa shape index (κ3) is 10.1. The molecule has 2 aromatic carbocycles. The Morgan fingerprint density at radius 1 is 0.915 bits per heavy atom. The van der Waals surface area contributed by atoms with Crippen molar-refractivity contribution in [1.82, 2.24) is 21.3 Å². The maximum atomic E-state index is 13.4. The largest absolute Gasteiger partial charge is 0.481 e. The van der Waals surface area contributed by atoms with Crippen molar-refractivity contribution in [2.45, 2.75) is 69.7 Å². The molecule has 2 saturated carbocycles. The van der Waals surface area contributed by atoms with Gasteiger partial charge in [0.05, 0.1) is 0 Å². The third-order valence-electron chi connectivity index (χ3n) is 9.11. The van der Waals surface area contributed by atoms with Crippen LogP contribution in [0.1, 0.15) is 50.5 Å².